The van der Waals surface area contributed by atoms with Crippen LogP contribution in [0, 0.1) is 12.3 Å². The summed E-state index contributed by atoms with van der Waals surface area (Å²) in [6.07, 6.45) is 1.69. The van der Waals surface area contributed by atoms with Crippen LogP contribution in [-0.4, -0.2) is 44.5 Å². The SMILES string of the molecule is COc1c(CN(C)C)cc(C(C)(C)C)cc1NC(=O)c1ccc(C)c(N2C=C(C(=O)NCC(C)(C)C)NN2)c1. The topological polar surface area (TPSA) is 98.0 Å². The van der Waals surface area contributed by atoms with Gasteiger partial charge in [-0.25, -0.2) is 0 Å². The van der Waals surface area contributed by atoms with E-state index >= 15 is 0 Å². The van der Waals surface area contributed by atoms with Gasteiger partial charge in [-0.3, -0.25) is 20.0 Å². The minimum absolute atomic E-state index is 0.0253. The van der Waals surface area contributed by atoms with Gasteiger partial charge in [0.05, 0.1) is 24.7 Å². The number of carbonyl (C=O) groups excluding carboxylic acids is 2. The second-order valence-electron chi connectivity index (χ2n) is 12.6. The predicted octanol–water partition coefficient (Wildman–Crippen LogP) is 4.45. The fraction of sp³-hybridized carbons (Fsp3) is 0.467. The number of hydrazine groups is 2. The van der Waals surface area contributed by atoms with Crippen LogP contribution in [0.3, 0.4) is 0 Å². The number of nitrogens with zero attached hydrogens (tertiary/aromatic N) is 2. The second-order valence-corrected chi connectivity index (χ2v) is 12.6. The Kier molecular flexibility index (Phi) is 8.98. The molecule has 0 radical (unpaired) electrons. The van der Waals surface area contributed by atoms with Gasteiger partial charge in [0.25, 0.3) is 11.8 Å². The van der Waals surface area contributed by atoms with Gasteiger partial charge in [0, 0.05) is 24.2 Å². The Bertz CT molecular complexity index is 1250. The molecule has 1 aliphatic heterocycles. The summed E-state index contributed by atoms with van der Waals surface area (Å²) in [7, 11) is 5.63. The van der Waals surface area contributed by atoms with Crippen LogP contribution in [0.5, 0.6) is 5.75 Å². The number of rotatable bonds is 8. The Morgan fingerprint density at radius 2 is 1.72 bits per heavy atom. The third-order valence-electron chi connectivity index (χ3n) is 6.29. The summed E-state index contributed by atoms with van der Waals surface area (Å²) in [6.45, 7) is 15.8. The van der Waals surface area contributed by atoms with Crippen molar-refractivity contribution in [2.75, 3.05) is 38.1 Å². The Balaban J connectivity index is 1.89. The van der Waals surface area contributed by atoms with Gasteiger partial charge < -0.3 is 20.3 Å². The molecule has 0 fully saturated rings. The van der Waals surface area contributed by atoms with E-state index in [-0.39, 0.29) is 22.6 Å². The van der Waals surface area contributed by atoms with Crippen LogP contribution < -0.4 is 31.3 Å². The quantitative estimate of drug-likeness (QED) is 0.396. The molecule has 1 heterocycles. The number of anilines is 2. The number of hydrogen-bond acceptors (Lipinski definition) is 7. The maximum atomic E-state index is 13.5. The highest BCUT2D eigenvalue weighted by molar-refractivity contribution is 6.06. The predicted molar refractivity (Wildman–Crippen MR) is 158 cm³/mol. The zero-order valence-corrected chi connectivity index (χ0v) is 25.0. The first-order valence-corrected chi connectivity index (χ1v) is 13.2. The average Bonchev–Trinajstić information content (AvgIpc) is 3.31. The van der Waals surface area contributed by atoms with E-state index in [9.17, 15) is 9.59 Å². The molecule has 0 saturated heterocycles. The molecule has 0 saturated carbocycles. The smallest absolute Gasteiger partial charge is 0.270 e. The second kappa shape index (κ2) is 11.7. The molecule has 0 bridgehead atoms. The van der Waals surface area contributed by atoms with Crippen LogP contribution in [0.25, 0.3) is 0 Å². The standard InChI is InChI=1S/C30H44N6O3/c1-19-11-12-20(14-25(19)36-17-24(33-34-36)28(38)31-18-29(2,3)4)27(37)32-23-15-22(30(5,6)7)13-21(16-35(8)9)26(23)39-10/h11-15,17,33-34H,16,18H2,1-10H3,(H,31,38)(H,32,37). The minimum atomic E-state index is -0.254. The highest BCUT2D eigenvalue weighted by Gasteiger charge is 2.24. The molecule has 3 rings (SSSR count). The van der Waals surface area contributed by atoms with Crippen molar-refractivity contribution in [2.45, 2.75) is 60.4 Å². The third-order valence-corrected chi connectivity index (χ3v) is 6.29. The molecule has 2 amide bonds. The number of benzene rings is 2. The van der Waals surface area contributed by atoms with E-state index in [2.05, 4.69) is 74.1 Å². The Morgan fingerprint density at radius 3 is 2.31 bits per heavy atom. The summed E-state index contributed by atoms with van der Waals surface area (Å²) in [5.74, 6) is 0.193. The van der Waals surface area contributed by atoms with Crippen molar-refractivity contribution in [1.82, 2.24) is 21.2 Å². The van der Waals surface area contributed by atoms with Gasteiger partial charge in [-0.2, -0.15) is 0 Å². The molecule has 1 aliphatic rings. The lowest BCUT2D eigenvalue weighted by Gasteiger charge is -2.25. The van der Waals surface area contributed by atoms with Gasteiger partial charge in [0.1, 0.15) is 11.4 Å². The van der Waals surface area contributed by atoms with Crippen molar-refractivity contribution < 1.29 is 14.3 Å². The van der Waals surface area contributed by atoms with Crippen LogP contribution in [0.2, 0.25) is 0 Å². The summed E-state index contributed by atoms with van der Waals surface area (Å²) >= 11 is 0. The first-order chi connectivity index (χ1) is 18.1. The number of nitrogens with one attached hydrogen (secondary N) is 4. The Labute approximate surface area is 232 Å². The van der Waals surface area contributed by atoms with Gasteiger partial charge in [-0.05, 0) is 61.2 Å². The molecule has 0 atom stereocenters. The normalized spacial score (nSPS) is 13.7. The molecule has 0 spiro atoms. The molecule has 212 valence electrons. The van der Waals surface area contributed by atoms with Crippen molar-refractivity contribution in [1.29, 1.82) is 0 Å². The zero-order chi connectivity index (χ0) is 29.1. The fourth-order valence-electron chi connectivity index (χ4n) is 4.12. The summed E-state index contributed by atoms with van der Waals surface area (Å²) in [6, 6.07) is 9.61. The van der Waals surface area contributed by atoms with Crippen molar-refractivity contribution in [3.8, 4) is 5.75 Å². The first kappa shape index (κ1) is 30.0. The van der Waals surface area contributed by atoms with Gasteiger partial charge in [-0.1, -0.05) is 53.7 Å². The van der Waals surface area contributed by atoms with E-state index in [0.717, 1.165) is 22.4 Å². The molecule has 0 aromatic heterocycles. The van der Waals surface area contributed by atoms with E-state index in [4.69, 9.17) is 4.74 Å². The molecule has 2 aromatic rings. The van der Waals surface area contributed by atoms with Gasteiger partial charge in [0.15, 0.2) is 0 Å². The van der Waals surface area contributed by atoms with E-state index in [1.165, 1.54) is 0 Å². The highest BCUT2D eigenvalue weighted by Crippen LogP contribution is 2.36. The number of amides is 2. The van der Waals surface area contributed by atoms with Crippen LogP contribution in [0.15, 0.2) is 42.2 Å². The monoisotopic (exact) mass is 536 g/mol. The lowest BCUT2D eigenvalue weighted by Crippen LogP contribution is -2.40. The van der Waals surface area contributed by atoms with Crippen LogP contribution in [0.1, 0.15) is 68.6 Å². The summed E-state index contributed by atoms with van der Waals surface area (Å²) in [5.41, 5.74) is 11.1. The molecule has 2 aromatic carbocycles. The van der Waals surface area contributed by atoms with Crippen molar-refractivity contribution in [3.63, 3.8) is 0 Å². The molecule has 0 aliphatic carbocycles. The zero-order valence-electron chi connectivity index (χ0n) is 25.0. The summed E-state index contributed by atoms with van der Waals surface area (Å²) < 4.78 is 5.77. The minimum Gasteiger partial charge on any atom is -0.494 e. The number of ether oxygens (including phenoxy) is 1. The molecule has 9 heteroatoms. The van der Waals surface area contributed by atoms with E-state index in [0.29, 0.717) is 35.8 Å². The first-order valence-electron chi connectivity index (χ1n) is 13.2. The lowest BCUT2D eigenvalue weighted by molar-refractivity contribution is -0.118. The van der Waals surface area contributed by atoms with Gasteiger partial charge in [0.2, 0.25) is 0 Å². The number of hydrogen-bond donors (Lipinski definition) is 4. The van der Waals surface area contributed by atoms with Crippen molar-refractivity contribution in [2.24, 2.45) is 5.41 Å². The lowest BCUT2D eigenvalue weighted by atomic mass is 9.85. The van der Waals surface area contributed by atoms with Crippen molar-refractivity contribution >= 4 is 23.2 Å². The molecular formula is C30H44N6O3. The maximum absolute atomic E-state index is 13.5. The molecule has 4 N–H and O–H groups in total. The Hall–Kier alpha value is -3.56. The molecule has 39 heavy (non-hydrogen) atoms. The fourth-order valence-corrected chi connectivity index (χ4v) is 4.12. The van der Waals surface area contributed by atoms with Gasteiger partial charge >= 0.3 is 0 Å². The van der Waals surface area contributed by atoms with Crippen molar-refractivity contribution in [3.05, 3.63) is 64.5 Å². The third kappa shape index (κ3) is 7.74. The van der Waals surface area contributed by atoms with E-state index in [1.807, 2.05) is 33.2 Å². The number of aryl methyl sites for hydroxylation is 1. The van der Waals surface area contributed by atoms with E-state index < -0.39 is 0 Å². The molecular weight excluding hydrogens is 492 g/mol. The van der Waals surface area contributed by atoms with E-state index in [1.54, 1.807) is 30.5 Å². The molecule has 9 nitrogen and oxygen atoms in total. The van der Waals surface area contributed by atoms with Crippen LogP contribution in [0.4, 0.5) is 11.4 Å². The highest BCUT2D eigenvalue weighted by atomic mass is 16.5. The Morgan fingerprint density at radius 1 is 1.03 bits per heavy atom. The summed E-state index contributed by atoms with van der Waals surface area (Å²) in [4.78, 5) is 28.2. The average molecular weight is 537 g/mol. The largest absolute Gasteiger partial charge is 0.494 e. The number of methoxy groups -OCH3 is 1. The summed E-state index contributed by atoms with van der Waals surface area (Å²) in [5, 5.41) is 7.72. The molecule has 0 unspecified atom stereocenters. The number of carbonyl (C=O) groups is 2. The maximum Gasteiger partial charge on any atom is 0.270 e. The van der Waals surface area contributed by atoms with Crippen LogP contribution >= 0.6 is 0 Å². The van der Waals surface area contributed by atoms with Crippen LogP contribution in [-0.2, 0) is 16.8 Å². The van der Waals surface area contributed by atoms with Gasteiger partial charge in [-0.15, -0.1) is 5.53 Å².